The highest BCUT2D eigenvalue weighted by molar-refractivity contribution is 6.42. The maximum Gasteiger partial charge on any atom is 0.270 e. The molecular formula is C28H28FN5O3. The first-order valence-electron chi connectivity index (χ1n) is 12.5. The smallest absolute Gasteiger partial charge is 0.270 e. The van der Waals surface area contributed by atoms with Crippen LogP contribution in [0.15, 0.2) is 52.4 Å². The topological polar surface area (TPSA) is 107 Å². The van der Waals surface area contributed by atoms with Gasteiger partial charge in [0.1, 0.15) is 29.5 Å². The zero-order valence-corrected chi connectivity index (χ0v) is 20.8. The first-order chi connectivity index (χ1) is 17.8. The SMILES string of the molecule is CC1=NCC(C(=O)N2CC[C@H](Oc3ccc(-c4cccc(NC(=O)C5CC5C)c4)cc3C#N)[C@H](F)C2)=N1. The Morgan fingerprint density at radius 1 is 1.22 bits per heavy atom. The largest absolute Gasteiger partial charge is 0.486 e. The Morgan fingerprint density at radius 2 is 2.00 bits per heavy atom. The van der Waals surface area contributed by atoms with Crippen molar-refractivity contribution in [1.82, 2.24) is 4.90 Å². The fourth-order valence-corrected chi connectivity index (χ4v) is 4.72. The standard InChI is InChI=1S/C28H28FN5O3/c1-16-10-22(16)27(35)33-21-5-3-4-18(12-21)19-6-7-25(20(11-19)13-30)37-26-8-9-34(15-23(26)29)28(36)24-14-31-17(2)32-24/h3-7,11-12,16,22-23,26H,8-10,14-15H2,1-2H3,(H,33,35)/t16?,22?,23-,26+/m1/s1. The highest BCUT2D eigenvalue weighted by atomic mass is 19.1. The summed E-state index contributed by atoms with van der Waals surface area (Å²) >= 11 is 0. The number of benzene rings is 2. The number of rotatable bonds is 6. The number of likely N-dealkylation sites (tertiary alicyclic amines) is 1. The van der Waals surface area contributed by atoms with Crippen LogP contribution in [-0.4, -0.2) is 60.2 Å². The molecule has 0 bridgehead atoms. The van der Waals surface area contributed by atoms with Gasteiger partial charge in [0, 0.05) is 24.6 Å². The lowest BCUT2D eigenvalue weighted by atomic mass is 10.0. The van der Waals surface area contributed by atoms with Crippen LogP contribution in [0.2, 0.25) is 0 Å². The molecule has 4 atom stereocenters. The van der Waals surface area contributed by atoms with E-state index in [-0.39, 0.29) is 36.4 Å². The molecule has 8 nitrogen and oxygen atoms in total. The second-order valence-electron chi connectivity index (χ2n) is 9.85. The van der Waals surface area contributed by atoms with Crippen molar-refractivity contribution in [3.63, 3.8) is 0 Å². The lowest BCUT2D eigenvalue weighted by Crippen LogP contribution is -2.51. The third-order valence-corrected chi connectivity index (χ3v) is 7.06. The summed E-state index contributed by atoms with van der Waals surface area (Å²) in [6.45, 7) is 4.24. The number of carbonyl (C=O) groups excluding carboxylic acids is 2. The summed E-state index contributed by atoms with van der Waals surface area (Å²) in [6, 6.07) is 14.8. The molecule has 1 saturated heterocycles. The van der Waals surface area contributed by atoms with E-state index in [1.54, 1.807) is 19.1 Å². The predicted octanol–water partition coefficient (Wildman–Crippen LogP) is 4.01. The van der Waals surface area contributed by atoms with E-state index in [0.717, 1.165) is 17.5 Å². The fourth-order valence-electron chi connectivity index (χ4n) is 4.72. The average Bonchev–Trinajstić information content (AvgIpc) is 3.48. The molecule has 9 heteroatoms. The number of carbonyl (C=O) groups is 2. The van der Waals surface area contributed by atoms with Crippen LogP contribution in [-0.2, 0) is 9.59 Å². The Bertz CT molecular complexity index is 1350. The predicted molar refractivity (Wildman–Crippen MR) is 138 cm³/mol. The Balaban J connectivity index is 1.24. The first-order valence-corrected chi connectivity index (χ1v) is 12.5. The zero-order valence-electron chi connectivity index (χ0n) is 20.8. The number of aliphatic imine (C=N–C) groups is 2. The summed E-state index contributed by atoms with van der Waals surface area (Å²) in [5.74, 6) is 1.08. The average molecular weight is 502 g/mol. The van der Waals surface area contributed by atoms with Gasteiger partial charge in [-0.3, -0.25) is 14.6 Å². The molecule has 5 rings (SSSR count). The van der Waals surface area contributed by atoms with Gasteiger partial charge < -0.3 is 15.0 Å². The third-order valence-electron chi connectivity index (χ3n) is 7.06. The number of anilines is 1. The van der Waals surface area contributed by atoms with Crippen LogP contribution >= 0.6 is 0 Å². The summed E-state index contributed by atoms with van der Waals surface area (Å²) in [7, 11) is 0. The second kappa shape index (κ2) is 10.1. The normalized spacial score (nSPS) is 24.5. The summed E-state index contributed by atoms with van der Waals surface area (Å²) in [5, 5.41) is 12.7. The summed E-state index contributed by atoms with van der Waals surface area (Å²) in [5.41, 5.74) is 2.95. The van der Waals surface area contributed by atoms with E-state index >= 15 is 4.39 Å². The van der Waals surface area contributed by atoms with Crippen molar-refractivity contribution in [2.45, 2.75) is 39.0 Å². The molecule has 2 aromatic carbocycles. The molecule has 2 fully saturated rings. The molecule has 2 unspecified atom stereocenters. The molecular weight excluding hydrogens is 473 g/mol. The fraction of sp³-hybridized carbons (Fsp3) is 0.393. The van der Waals surface area contributed by atoms with E-state index in [0.29, 0.717) is 41.9 Å². The number of nitrogens with one attached hydrogen (secondary N) is 1. The minimum absolute atomic E-state index is 0.0271. The van der Waals surface area contributed by atoms with Crippen molar-refractivity contribution in [2.24, 2.45) is 21.8 Å². The van der Waals surface area contributed by atoms with Crippen molar-refractivity contribution in [1.29, 1.82) is 5.26 Å². The number of nitrogens with zero attached hydrogens (tertiary/aromatic N) is 4. The van der Waals surface area contributed by atoms with Crippen LogP contribution in [0.3, 0.4) is 0 Å². The quantitative estimate of drug-likeness (QED) is 0.645. The van der Waals surface area contributed by atoms with Gasteiger partial charge in [-0.2, -0.15) is 5.26 Å². The molecule has 0 radical (unpaired) electrons. The summed E-state index contributed by atoms with van der Waals surface area (Å²) in [6.07, 6.45) is -0.956. The van der Waals surface area contributed by atoms with Crippen LogP contribution in [0.4, 0.5) is 10.1 Å². The molecule has 2 aromatic rings. The maximum atomic E-state index is 15.0. The molecule has 37 heavy (non-hydrogen) atoms. The lowest BCUT2D eigenvalue weighted by molar-refractivity contribution is -0.127. The van der Waals surface area contributed by atoms with Gasteiger partial charge in [0.2, 0.25) is 5.91 Å². The highest BCUT2D eigenvalue weighted by Crippen LogP contribution is 2.38. The van der Waals surface area contributed by atoms with Crippen molar-refractivity contribution < 1.29 is 18.7 Å². The van der Waals surface area contributed by atoms with Gasteiger partial charge in [-0.05, 0) is 54.7 Å². The number of halogens is 1. The highest BCUT2D eigenvalue weighted by Gasteiger charge is 2.39. The number of amidine groups is 1. The van der Waals surface area contributed by atoms with Gasteiger partial charge in [-0.15, -0.1) is 0 Å². The van der Waals surface area contributed by atoms with E-state index in [1.807, 2.05) is 30.3 Å². The lowest BCUT2D eigenvalue weighted by Gasteiger charge is -2.34. The van der Waals surface area contributed by atoms with Gasteiger partial charge in [0.15, 0.2) is 6.17 Å². The summed E-state index contributed by atoms with van der Waals surface area (Å²) < 4.78 is 20.9. The van der Waals surface area contributed by atoms with Crippen LogP contribution in [0, 0.1) is 23.2 Å². The molecule has 0 aromatic heterocycles. The van der Waals surface area contributed by atoms with Crippen LogP contribution in [0.25, 0.3) is 11.1 Å². The molecule has 0 spiro atoms. The van der Waals surface area contributed by atoms with Gasteiger partial charge in [0.05, 0.1) is 18.7 Å². The number of ether oxygens (including phenoxy) is 1. The van der Waals surface area contributed by atoms with Crippen molar-refractivity contribution in [2.75, 3.05) is 25.0 Å². The Morgan fingerprint density at radius 3 is 2.68 bits per heavy atom. The molecule has 190 valence electrons. The Kier molecular flexibility index (Phi) is 6.74. The molecule has 2 aliphatic heterocycles. The Labute approximate surface area is 214 Å². The molecule has 2 heterocycles. The van der Waals surface area contributed by atoms with Crippen molar-refractivity contribution in [3.8, 4) is 22.9 Å². The Hall–Kier alpha value is -4.06. The van der Waals surface area contributed by atoms with E-state index in [2.05, 4.69) is 28.3 Å². The number of nitriles is 1. The molecule has 1 N–H and O–H groups in total. The van der Waals surface area contributed by atoms with Gasteiger partial charge in [-0.1, -0.05) is 25.1 Å². The molecule has 1 aliphatic carbocycles. The third kappa shape index (κ3) is 5.38. The van der Waals surface area contributed by atoms with E-state index < -0.39 is 12.3 Å². The van der Waals surface area contributed by atoms with Crippen molar-refractivity contribution >= 4 is 29.0 Å². The van der Waals surface area contributed by atoms with E-state index in [4.69, 9.17) is 4.74 Å². The first kappa shape index (κ1) is 24.6. The number of amides is 2. The van der Waals surface area contributed by atoms with Crippen LogP contribution in [0.5, 0.6) is 5.75 Å². The minimum atomic E-state index is -1.40. The second-order valence-corrected chi connectivity index (χ2v) is 9.85. The zero-order chi connectivity index (χ0) is 26.1. The van der Waals surface area contributed by atoms with Crippen molar-refractivity contribution in [3.05, 3.63) is 48.0 Å². The molecule has 3 aliphatic rings. The van der Waals surface area contributed by atoms with Gasteiger partial charge in [-0.25, -0.2) is 9.38 Å². The number of piperidine rings is 1. The monoisotopic (exact) mass is 501 g/mol. The van der Waals surface area contributed by atoms with E-state index in [1.165, 1.54) is 4.90 Å². The number of alkyl halides is 1. The minimum Gasteiger partial charge on any atom is -0.486 e. The van der Waals surface area contributed by atoms with Crippen LogP contribution in [0.1, 0.15) is 32.3 Å². The van der Waals surface area contributed by atoms with Crippen LogP contribution < -0.4 is 10.1 Å². The number of hydrogen-bond donors (Lipinski definition) is 1. The molecule has 1 saturated carbocycles. The summed E-state index contributed by atoms with van der Waals surface area (Å²) in [4.78, 5) is 34.6. The van der Waals surface area contributed by atoms with E-state index in [9.17, 15) is 14.9 Å². The van der Waals surface area contributed by atoms with Gasteiger partial charge >= 0.3 is 0 Å². The van der Waals surface area contributed by atoms with Gasteiger partial charge in [0.25, 0.3) is 5.91 Å². The molecule has 2 amide bonds. The maximum absolute atomic E-state index is 15.0. The number of hydrogen-bond acceptors (Lipinski definition) is 6.